The van der Waals surface area contributed by atoms with Gasteiger partial charge < -0.3 is 10.1 Å². The van der Waals surface area contributed by atoms with E-state index in [0.29, 0.717) is 13.0 Å². The number of thioether (sulfide) groups is 1. The topological polar surface area (TPSA) is 38.3 Å². The molecule has 0 aliphatic rings. The summed E-state index contributed by atoms with van der Waals surface area (Å²) in [5, 5.41) is 2.93. The van der Waals surface area contributed by atoms with Gasteiger partial charge in [-0.1, -0.05) is 30.3 Å². The van der Waals surface area contributed by atoms with Gasteiger partial charge in [0.25, 0.3) is 0 Å². The van der Waals surface area contributed by atoms with Crippen molar-refractivity contribution in [3.63, 3.8) is 0 Å². The molecule has 3 nitrogen and oxygen atoms in total. The molecule has 4 heteroatoms. The first kappa shape index (κ1) is 15.4. The first-order valence-corrected chi connectivity index (χ1v) is 7.84. The SMILES string of the molecule is COc1cccc(CNC(=O)CCSc2ccccc2)c1. The Kier molecular flexibility index (Phi) is 6.16. The van der Waals surface area contributed by atoms with Gasteiger partial charge in [-0.05, 0) is 29.8 Å². The molecule has 0 atom stereocenters. The third-order valence-electron chi connectivity index (χ3n) is 2.96. The number of rotatable bonds is 7. The number of hydrogen-bond donors (Lipinski definition) is 1. The predicted octanol–water partition coefficient (Wildman–Crippen LogP) is 3.49. The van der Waals surface area contributed by atoms with Crippen molar-refractivity contribution in [2.24, 2.45) is 0 Å². The molecule has 0 saturated heterocycles. The zero-order valence-electron chi connectivity index (χ0n) is 12.0. The van der Waals surface area contributed by atoms with Crippen molar-refractivity contribution in [3.8, 4) is 5.75 Å². The summed E-state index contributed by atoms with van der Waals surface area (Å²) in [5.41, 5.74) is 1.04. The van der Waals surface area contributed by atoms with E-state index in [9.17, 15) is 4.79 Å². The standard InChI is InChI=1S/C17H19NO2S/c1-20-15-7-5-6-14(12-15)13-18-17(19)10-11-21-16-8-3-2-4-9-16/h2-9,12H,10-11,13H2,1H3,(H,18,19). The van der Waals surface area contributed by atoms with Crippen molar-refractivity contribution < 1.29 is 9.53 Å². The lowest BCUT2D eigenvalue weighted by atomic mass is 10.2. The molecule has 0 fully saturated rings. The zero-order valence-corrected chi connectivity index (χ0v) is 12.9. The maximum Gasteiger partial charge on any atom is 0.221 e. The molecule has 0 unspecified atom stereocenters. The molecule has 2 aromatic carbocycles. The Labute approximate surface area is 129 Å². The summed E-state index contributed by atoms with van der Waals surface area (Å²) in [4.78, 5) is 13.0. The average molecular weight is 301 g/mol. The van der Waals surface area contributed by atoms with Gasteiger partial charge in [0.2, 0.25) is 5.91 Å². The predicted molar refractivity (Wildman–Crippen MR) is 86.6 cm³/mol. The number of carbonyl (C=O) groups excluding carboxylic acids is 1. The number of amides is 1. The first-order valence-electron chi connectivity index (χ1n) is 6.85. The molecule has 0 heterocycles. The first-order chi connectivity index (χ1) is 10.3. The molecule has 0 radical (unpaired) electrons. The number of hydrogen-bond acceptors (Lipinski definition) is 3. The van der Waals surface area contributed by atoms with Gasteiger partial charge in [0, 0.05) is 23.6 Å². The van der Waals surface area contributed by atoms with Crippen molar-refractivity contribution in [1.29, 1.82) is 0 Å². The molecule has 1 N–H and O–H groups in total. The molecular weight excluding hydrogens is 282 g/mol. The van der Waals surface area contributed by atoms with Gasteiger partial charge in [0.15, 0.2) is 0 Å². The van der Waals surface area contributed by atoms with Gasteiger partial charge in [-0.2, -0.15) is 0 Å². The second-order valence-electron chi connectivity index (χ2n) is 4.54. The minimum atomic E-state index is 0.0706. The third kappa shape index (κ3) is 5.52. The van der Waals surface area contributed by atoms with E-state index in [-0.39, 0.29) is 5.91 Å². The summed E-state index contributed by atoms with van der Waals surface area (Å²) in [6.07, 6.45) is 0.517. The Morgan fingerprint density at radius 2 is 1.95 bits per heavy atom. The fourth-order valence-electron chi connectivity index (χ4n) is 1.85. The van der Waals surface area contributed by atoms with Crippen LogP contribution < -0.4 is 10.1 Å². The van der Waals surface area contributed by atoms with Gasteiger partial charge >= 0.3 is 0 Å². The molecule has 110 valence electrons. The maximum absolute atomic E-state index is 11.8. The maximum atomic E-state index is 11.8. The summed E-state index contributed by atoms with van der Waals surface area (Å²) in [5.74, 6) is 1.66. The molecule has 0 aromatic heterocycles. The Balaban J connectivity index is 1.70. The van der Waals surface area contributed by atoms with Crippen LogP contribution in [0, 0.1) is 0 Å². The van der Waals surface area contributed by atoms with Crippen LogP contribution in [0.1, 0.15) is 12.0 Å². The highest BCUT2D eigenvalue weighted by atomic mass is 32.2. The zero-order chi connectivity index (χ0) is 14.9. The van der Waals surface area contributed by atoms with Gasteiger partial charge in [-0.3, -0.25) is 4.79 Å². The van der Waals surface area contributed by atoms with Crippen LogP contribution in [0.5, 0.6) is 5.75 Å². The normalized spacial score (nSPS) is 10.1. The van der Waals surface area contributed by atoms with E-state index < -0.39 is 0 Å². The summed E-state index contributed by atoms with van der Waals surface area (Å²) < 4.78 is 5.16. The van der Waals surface area contributed by atoms with E-state index in [2.05, 4.69) is 17.4 Å². The smallest absolute Gasteiger partial charge is 0.221 e. The molecule has 0 aliphatic heterocycles. The van der Waals surface area contributed by atoms with E-state index in [0.717, 1.165) is 17.1 Å². The summed E-state index contributed by atoms with van der Waals surface area (Å²) >= 11 is 1.70. The van der Waals surface area contributed by atoms with Gasteiger partial charge in [0.05, 0.1) is 7.11 Å². The minimum Gasteiger partial charge on any atom is -0.497 e. The fourth-order valence-corrected chi connectivity index (χ4v) is 2.72. The van der Waals surface area contributed by atoms with E-state index in [1.165, 1.54) is 4.90 Å². The van der Waals surface area contributed by atoms with Crippen molar-refractivity contribution in [3.05, 3.63) is 60.2 Å². The van der Waals surface area contributed by atoms with Crippen LogP contribution in [0.15, 0.2) is 59.5 Å². The van der Waals surface area contributed by atoms with Crippen molar-refractivity contribution in [2.75, 3.05) is 12.9 Å². The van der Waals surface area contributed by atoms with Gasteiger partial charge in [-0.25, -0.2) is 0 Å². The molecule has 2 aromatic rings. The Hall–Kier alpha value is -1.94. The second-order valence-corrected chi connectivity index (χ2v) is 5.71. The van der Waals surface area contributed by atoms with E-state index in [1.807, 2.05) is 42.5 Å². The highest BCUT2D eigenvalue weighted by Crippen LogP contribution is 2.17. The highest BCUT2D eigenvalue weighted by molar-refractivity contribution is 7.99. The molecule has 2 rings (SSSR count). The monoisotopic (exact) mass is 301 g/mol. The van der Waals surface area contributed by atoms with Crippen LogP contribution >= 0.6 is 11.8 Å². The molecule has 21 heavy (non-hydrogen) atoms. The van der Waals surface area contributed by atoms with Crippen LogP contribution in [0.25, 0.3) is 0 Å². The number of ether oxygens (including phenoxy) is 1. The summed E-state index contributed by atoms with van der Waals surface area (Å²) in [7, 11) is 1.64. The molecule has 0 saturated carbocycles. The van der Waals surface area contributed by atoms with E-state index in [1.54, 1.807) is 18.9 Å². The number of nitrogens with one attached hydrogen (secondary N) is 1. The lowest BCUT2D eigenvalue weighted by molar-refractivity contribution is -0.120. The van der Waals surface area contributed by atoms with Crippen molar-refractivity contribution in [2.45, 2.75) is 17.9 Å². The van der Waals surface area contributed by atoms with Crippen LogP contribution in [-0.4, -0.2) is 18.8 Å². The van der Waals surface area contributed by atoms with E-state index >= 15 is 0 Å². The second kappa shape index (κ2) is 8.37. The van der Waals surface area contributed by atoms with Crippen LogP contribution in [-0.2, 0) is 11.3 Å². The fraction of sp³-hybridized carbons (Fsp3) is 0.235. The van der Waals surface area contributed by atoms with Crippen molar-refractivity contribution >= 4 is 17.7 Å². The average Bonchev–Trinajstić information content (AvgIpc) is 2.54. The molecule has 0 spiro atoms. The number of benzene rings is 2. The van der Waals surface area contributed by atoms with Crippen LogP contribution in [0.2, 0.25) is 0 Å². The van der Waals surface area contributed by atoms with Gasteiger partial charge in [-0.15, -0.1) is 11.8 Å². The number of carbonyl (C=O) groups is 1. The Morgan fingerprint density at radius 3 is 2.71 bits per heavy atom. The lowest BCUT2D eigenvalue weighted by Crippen LogP contribution is -2.22. The lowest BCUT2D eigenvalue weighted by Gasteiger charge is -2.07. The summed E-state index contributed by atoms with van der Waals surface area (Å²) in [6.45, 7) is 0.534. The molecule has 0 bridgehead atoms. The number of methoxy groups -OCH3 is 1. The minimum absolute atomic E-state index is 0.0706. The third-order valence-corrected chi connectivity index (χ3v) is 3.98. The van der Waals surface area contributed by atoms with Crippen LogP contribution in [0.3, 0.4) is 0 Å². The van der Waals surface area contributed by atoms with Gasteiger partial charge in [0.1, 0.15) is 5.75 Å². The molecule has 0 aliphatic carbocycles. The Bertz CT molecular complexity index is 572. The van der Waals surface area contributed by atoms with Crippen molar-refractivity contribution in [1.82, 2.24) is 5.32 Å². The summed E-state index contributed by atoms with van der Waals surface area (Å²) in [6, 6.07) is 17.8. The Morgan fingerprint density at radius 1 is 1.14 bits per heavy atom. The largest absolute Gasteiger partial charge is 0.497 e. The van der Waals surface area contributed by atoms with Crippen LogP contribution in [0.4, 0.5) is 0 Å². The quantitative estimate of drug-likeness (QED) is 0.796. The molecular formula is C17H19NO2S. The van der Waals surface area contributed by atoms with E-state index in [4.69, 9.17) is 4.74 Å². The molecule has 1 amide bonds. The highest BCUT2D eigenvalue weighted by Gasteiger charge is 2.03.